The second-order valence-corrected chi connectivity index (χ2v) is 7.17. The third kappa shape index (κ3) is 5.23. The lowest BCUT2D eigenvalue weighted by molar-refractivity contribution is -0.119. The van der Waals surface area contributed by atoms with Crippen LogP contribution in [-0.2, 0) is 9.53 Å². The summed E-state index contributed by atoms with van der Waals surface area (Å²) in [6.07, 6.45) is 0. The predicted octanol–water partition coefficient (Wildman–Crippen LogP) is 4.20. The number of aromatic nitrogens is 1. The summed E-state index contributed by atoms with van der Waals surface area (Å²) in [6, 6.07) is 10.6. The highest BCUT2D eigenvalue weighted by molar-refractivity contribution is 7.22. The third-order valence-corrected chi connectivity index (χ3v) is 4.84. The molecule has 0 atom stereocenters. The van der Waals surface area contributed by atoms with Crippen molar-refractivity contribution in [3.8, 4) is 11.5 Å². The van der Waals surface area contributed by atoms with Gasteiger partial charge in [0.2, 0.25) is 0 Å². The quantitative estimate of drug-likeness (QED) is 0.556. The lowest BCUT2D eigenvalue weighted by Crippen LogP contribution is -2.20. The van der Waals surface area contributed by atoms with Gasteiger partial charge in [-0.05, 0) is 56.7 Å². The first-order chi connectivity index (χ1) is 14.0. The van der Waals surface area contributed by atoms with E-state index < -0.39 is 18.5 Å². The van der Waals surface area contributed by atoms with E-state index in [0.717, 1.165) is 15.8 Å². The Morgan fingerprint density at radius 3 is 2.55 bits per heavy atom. The van der Waals surface area contributed by atoms with Gasteiger partial charge in [0.25, 0.3) is 5.91 Å². The van der Waals surface area contributed by atoms with Crippen LogP contribution >= 0.6 is 11.3 Å². The lowest BCUT2D eigenvalue weighted by atomic mass is 10.2. The average Bonchev–Trinajstić information content (AvgIpc) is 3.09. The van der Waals surface area contributed by atoms with Gasteiger partial charge in [0.05, 0.1) is 29.0 Å². The van der Waals surface area contributed by atoms with Gasteiger partial charge in [-0.15, -0.1) is 0 Å². The van der Waals surface area contributed by atoms with Crippen LogP contribution < -0.4 is 14.8 Å². The van der Waals surface area contributed by atoms with Crippen LogP contribution in [0.15, 0.2) is 36.4 Å². The highest BCUT2D eigenvalue weighted by atomic mass is 32.1. The summed E-state index contributed by atoms with van der Waals surface area (Å²) in [5.41, 5.74) is 2.21. The summed E-state index contributed by atoms with van der Waals surface area (Å²) in [5, 5.41) is 3.13. The minimum Gasteiger partial charge on any atom is -0.490 e. The molecule has 0 bridgehead atoms. The molecule has 0 unspecified atom stereocenters. The molecule has 0 spiro atoms. The van der Waals surface area contributed by atoms with Crippen molar-refractivity contribution in [2.75, 3.05) is 25.1 Å². The monoisotopic (exact) mass is 414 g/mol. The van der Waals surface area contributed by atoms with Crippen molar-refractivity contribution < 1.29 is 23.8 Å². The summed E-state index contributed by atoms with van der Waals surface area (Å²) in [7, 11) is 0. The van der Waals surface area contributed by atoms with Gasteiger partial charge in [-0.25, -0.2) is 9.78 Å². The van der Waals surface area contributed by atoms with Crippen molar-refractivity contribution in [1.29, 1.82) is 0 Å². The molecular weight excluding hydrogens is 392 g/mol. The van der Waals surface area contributed by atoms with Gasteiger partial charge in [-0.2, -0.15) is 0 Å². The first kappa shape index (κ1) is 20.6. The van der Waals surface area contributed by atoms with E-state index >= 15 is 0 Å². The molecule has 8 heteroatoms. The van der Waals surface area contributed by atoms with Crippen molar-refractivity contribution in [3.05, 3.63) is 47.5 Å². The molecule has 2 aromatic carbocycles. The Kier molecular flexibility index (Phi) is 6.66. The number of nitrogens with zero attached hydrogens (tertiary/aromatic N) is 1. The molecule has 0 aliphatic heterocycles. The van der Waals surface area contributed by atoms with Gasteiger partial charge in [-0.3, -0.25) is 10.1 Å². The Balaban J connectivity index is 1.60. The molecule has 29 heavy (non-hydrogen) atoms. The Hall–Kier alpha value is -3.13. The molecule has 1 N–H and O–H groups in total. The van der Waals surface area contributed by atoms with E-state index in [-0.39, 0.29) is 5.56 Å². The van der Waals surface area contributed by atoms with Crippen molar-refractivity contribution >= 4 is 38.6 Å². The van der Waals surface area contributed by atoms with E-state index in [0.29, 0.717) is 29.8 Å². The number of aryl methyl sites for hydroxylation is 1. The van der Waals surface area contributed by atoms with E-state index in [4.69, 9.17) is 14.2 Å². The molecule has 3 rings (SSSR count). The first-order valence-electron chi connectivity index (χ1n) is 9.24. The van der Waals surface area contributed by atoms with Gasteiger partial charge in [0, 0.05) is 0 Å². The fraction of sp³-hybridized carbons (Fsp3) is 0.286. The maximum absolute atomic E-state index is 12.3. The summed E-state index contributed by atoms with van der Waals surface area (Å²) >= 11 is 1.37. The third-order valence-electron chi connectivity index (χ3n) is 3.90. The number of esters is 1. The van der Waals surface area contributed by atoms with Crippen molar-refractivity contribution in [2.24, 2.45) is 0 Å². The van der Waals surface area contributed by atoms with Crippen molar-refractivity contribution in [1.82, 2.24) is 4.98 Å². The molecule has 0 fully saturated rings. The number of amides is 1. The number of hydrogen-bond acceptors (Lipinski definition) is 7. The fourth-order valence-electron chi connectivity index (χ4n) is 2.63. The van der Waals surface area contributed by atoms with Crippen molar-refractivity contribution in [3.63, 3.8) is 0 Å². The molecule has 3 aromatic rings. The number of rotatable bonds is 8. The second-order valence-electron chi connectivity index (χ2n) is 6.14. The highest BCUT2D eigenvalue weighted by Gasteiger charge is 2.15. The molecular formula is C21H22N2O5S. The Bertz CT molecular complexity index is 1030. The Morgan fingerprint density at radius 1 is 1.03 bits per heavy atom. The number of nitrogens with one attached hydrogen (secondary N) is 1. The molecule has 1 heterocycles. The van der Waals surface area contributed by atoms with Crippen LogP contribution in [0.3, 0.4) is 0 Å². The van der Waals surface area contributed by atoms with Crippen LogP contribution in [0.2, 0.25) is 0 Å². The minimum absolute atomic E-state index is 0.278. The molecule has 0 aliphatic rings. The zero-order chi connectivity index (χ0) is 20.8. The number of carbonyl (C=O) groups is 2. The molecule has 7 nitrogen and oxygen atoms in total. The summed E-state index contributed by atoms with van der Waals surface area (Å²) < 4.78 is 17.1. The molecule has 1 aromatic heterocycles. The number of thiazole rings is 1. The summed E-state index contributed by atoms with van der Waals surface area (Å²) in [6.45, 7) is 6.20. The van der Waals surface area contributed by atoms with Gasteiger partial charge < -0.3 is 14.2 Å². The van der Waals surface area contributed by atoms with Crippen LogP contribution in [0.4, 0.5) is 5.13 Å². The number of fused-ring (bicyclic) bond motifs is 1. The maximum atomic E-state index is 12.3. The van der Waals surface area contributed by atoms with E-state index in [2.05, 4.69) is 10.3 Å². The number of anilines is 1. The van der Waals surface area contributed by atoms with Crippen molar-refractivity contribution in [2.45, 2.75) is 20.8 Å². The zero-order valence-electron chi connectivity index (χ0n) is 16.5. The number of benzene rings is 2. The zero-order valence-corrected chi connectivity index (χ0v) is 17.3. The second kappa shape index (κ2) is 9.38. The Labute approximate surface area is 172 Å². The van der Waals surface area contributed by atoms with Crippen LogP contribution in [0.5, 0.6) is 11.5 Å². The van der Waals surface area contributed by atoms with E-state index in [1.54, 1.807) is 18.2 Å². The largest absolute Gasteiger partial charge is 0.490 e. The summed E-state index contributed by atoms with van der Waals surface area (Å²) in [4.78, 5) is 28.8. The topological polar surface area (TPSA) is 86.8 Å². The first-order valence-corrected chi connectivity index (χ1v) is 10.1. The molecule has 0 saturated heterocycles. The standard InChI is InChI=1S/C21H22N2O5S/c1-4-26-16-9-7-14(11-17(16)27-5-2)20(25)28-12-19(24)23-21-22-15-8-6-13(3)10-18(15)29-21/h6-11H,4-5,12H2,1-3H3,(H,22,23,24). The summed E-state index contributed by atoms with van der Waals surface area (Å²) in [5.74, 6) is -0.0677. The average molecular weight is 414 g/mol. The normalized spacial score (nSPS) is 10.6. The van der Waals surface area contributed by atoms with Crippen LogP contribution in [0, 0.1) is 6.92 Å². The van der Waals surface area contributed by atoms with E-state index in [1.807, 2.05) is 39.0 Å². The van der Waals surface area contributed by atoms with E-state index in [9.17, 15) is 9.59 Å². The molecule has 0 radical (unpaired) electrons. The van der Waals surface area contributed by atoms with Gasteiger partial charge in [0.15, 0.2) is 23.2 Å². The molecule has 0 aliphatic carbocycles. The SMILES string of the molecule is CCOc1ccc(C(=O)OCC(=O)Nc2nc3ccc(C)cc3s2)cc1OCC. The van der Waals surface area contributed by atoms with Gasteiger partial charge in [0.1, 0.15) is 0 Å². The van der Waals surface area contributed by atoms with Gasteiger partial charge >= 0.3 is 5.97 Å². The van der Waals surface area contributed by atoms with Crippen LogP contribution in [0.25, 0.3) is 10.2 Å². The molecule has 152 valence electrons. The highest BCUT2D eigenvalue weighted by Crippen LogP contribution is 2.29. The maximum Gasteiger partial charge on any atom is 0.338 e. The predicted molar refractivity (Wildman–Crippen MR) is 112 cm³/mol. The van der Waals surface area contributed by atoms with Gasteiger partial charge in [-0.1, -0.05) is 17.4 Å². The smallest absolute Gasteiger partial charge is 0.338 e. The molecule has 0 saturated carbocycles. The fourth-order valence-corrected chi connectivity index (χ4v) is 3.61. The molecule has 1 amide bonds. The van der Waals surface area contributed by atoms with Crippen LogP contribution in [-0.4, -0.2) is 36.7 Å². The van der Waals surface area contributed by atoms with E-state index in [1.165, 1.54) is 11.3 Å². The number of carbonyl (C=O) groups excluding carboxylic acids is 2. The van der Waals surface area contributed by atoms with Crippen LogP contribution in [0.1, 0.15) is 29.8 Å². The Morgan fingerprint density at radius 2 is 1.79 bits per heavy atom. The minimum atomic E-state index is -0.621. The lowest BCUT2D eigenvalue weighted by Gasteiger charge is -2.12. The number of ether oxygens (including phenoxy) is 3. The number of hydrogen-bond donors (Lipinski definition) is 1.